The van der Waals surface area contributed by atoms with E-state index in [1.54, 1.807) is 0 Å². The first kappa shape index (κ1) is 9.24. The summed E-state index contributed by atoms with van der Waals surface area (Å²) in [5.41, 5.74) is 0.335. The minimum atomic E-state index is -0.871. The van der Waals surface area contributed by atoms with E-state index in [-0.39, 0.29) is 0 Å². The minimum Gasteiger partial charge on any atom is -0.477 e. The number of nitrogens with zero attached hydrogens (tertiary/aromatic N) is 2. The summed E-state index contributed by atoms with van der Waals surface area (Å²) in [6.45, 7) is 0.803. The molecule has 0 unspecified atom stereocenters. The van der Waals surface area contributed by atoms with Crippen LogP contribution in [0.25, 0.3) is 0 Å². The Morgan fingerprint density at radius 1 is 1.36 bits per heavy atom. The van der Waals surface area contributed by atoms with Crippen LogP contribution in [-0.4, -0.2) is 20.6 Å². The van der Waals surface area contributed by atoms with Crippen molar-refractivity contribution in [2.24, 2.45) is 0 Å². The molecule has 1 aliphatic rings. The fourth-order valence-electron chi connectivity index (χ4n) is 1.94. The molecule has 1 aromatic rings. The Morgan fingerprint density at radius 2 is 2.14 bits per heavy atom. The zero-order valence-electron chi connectivity index (χ0n) is 8.07. The molecule has 0 atom stereocenters. The number of carboxylic acids is 1. The van der Waals surface area contributed by atoms with Crippen LogP contribution in [-0.2, 0) is 13.0 Å². The first-order valence-electron chi connectivity index (χ1n) is 5.07. The second-order valence-corrected chi connectivity index (χ2v) is 3.68. The van der Waals surface area contributed by atoms with E-state index in [1.807, 2.05) is 4.57 Å². The molecule has 76 valence electrons. The number of carbonyl (C=O) groups is 1. The molecule has 0 amide bonds. The summed E-state index contributed by atoms with van der Waals surface area (Å²) in [7, 11) is 0. The number of imidazole rings is 1. The minimum absolute atomic E-state index is 0.335. The molecule has 0 aromatic carbocycles. The van der Waals surface area contributed by atoms with Crippen LogP contribution in [0.15, 0.2) is 6.20 Å². The first-order valence-corrected chi connectivity index (χ1v) is 5.07. The van der Waals surface area contributed by atoms with Crippen LogP contribution < -0.4 is 0 Å². The average molecular weight is 194 g/mol. The highest BCUT2D eigenvalue weighted by molar-refractivity contribution is 5.85. The maximum absolute atomic E-state index is 10.9. The molecule has 2 rings (SSSR count). The van der Waals surface area contributed by atoms with Crippen LogP contribution in [0.3, 0.4) is 0 Å². The van der Waals surface area contributed by atoms with Gasteiger partial charge < -0.3 is 9.67 Å². The largest absolute Gasteiger partial charge is 0.477 e. The van der Waals surface area contributed by atoms with E-state index in [0.29, 0.717) is 5.69 Å². The molecule has 0 saturated carbocycles. The zero-order valence-corrected chi connectivity index (χ0v) is 8.07. The predicted molar refractivity (Wildman–Crippen MR) is 51.4 cm³/mol. The van der Waals surface area contributed by atoms with Crippen molar-refractivity contribution in [1.82, 2.24) is 9.55 Å². The molecule has 1 N–H and O–H groups in total. The van der Waals surface area contributed by atoms with Crippen LogP contribution in [0, 0.1) is 0 Å². The number of rotatable bonds is 1. The molecular weight excluding hydrogens is 180 g/mol. The van der Waals surface area contributed by atoms with Gasteiger partial charge in [-0.05, 0) is 12.8 Å². The van der Waals surface area contributed by atoms with Gasteiger partial charge in [0, 0.05) is 13.0 Å². The Morgan fingerprint density at radius 3 is 2.93 bits per heavy atom. The van der Waals surface area contributed by atoms with Gasteiger partial charge in [0.2, 0.25) is 0 Å². The van der Waals surface area contributed by atoms with Crippen LogP contribution in [0.1, 0.15) is 42.0 Å². The van der Waals surface area contributed by atoms with Gasteiger partial charge in [-0.1, -0.05) is 12.8 Å². The van der Waals surface area contributed by atoms with Crippen molar-refractivity contribution in [1.29, 1.82) is 0 Å². The SMILES string of the molecule is O=C(O)c1cnc2n1CCCCCC2. The lowest BCUT2D eigenvalue weighted by Gasteiger charge is -2.12. The molecule has 0 aliphatic carbocycles. The van der Waals surface area contributed by atoms with Crippen LogP contribution >= 0.6 is 0 Å². The third-order valence-electron chi connectivity index (χ3n) is 2.69. The summed E-state index contributed by atoms with van der Waals surface area (Å²) >= 11 is 0. The molecule has 0 radical (unpaired) electrons. The lowest BCUT2D eigenvalue weighted by Crippen LogP contribution is -2.13. The Labute approximate surface area is 82.6 Å². The van der Waals surface area contributed by atoms with Crippen molar-refractivity contribution in [2.45, 2.75) is 38.6 Å². The quantitative estimate of drug-likeness (QED) is 0.740. The molecule has 0 spiro atoms. The number of aromatic carboxylic acids is 1. The smallest absolute Gasteiger partial charge is 0.354 e. The average Bonchev–Trinajstić information content (AvgIpc) is 2.47. The Balaban J connectivity index is 2.33. The summed E-state index contributed by atoms with van der Waals surface area (Å²) in [5.74, 6) is 0.0615. The van der Waals surface area contributed by atoms with Crippen LogP contribution in [0.2, 0.25) is 0 Å². The molecular formula is C10H14N2O2. The predicted octanol–water partition coefficient (Wildman–Crippen LogP) is 1.70. The number of carboxylic acid groups (broad SMARTS) is 1. The highest BCUT2D eigenvalue weighted by atomic mass is 16.4. The molecule has 1 aromatic heterocycles. The molecule has 1 aliphatic heterocycles. The van der Waals surface area contributed by atoms with Gasteiger partial charge >= 0.3 is 5.97 Å². The standard InChI is InChI=1S/C10H14N2O2/c13-10(14)8-7-11-9-5-3-1-2-4-6-12(8)9/h7H,1-6H2,(H,13,14). The normalized spacial score (nSPS) is 16.9. The third-order valence-corrected chi connectivity index (χ3v) is 2.69. The summed E-state index contributed by atoms with van der Waals surface area (Å²) < 4.78 is 1.85. The second-order valence-electron chi connectivity index (χ2n) is 3.68. The number of fused-ring (bicyclic) bond motifs is 1. The maximum Gasteiger partial charge on any atom is 0.354 e. The van der Waals surface area contributed by atoms with Crippen LogP contribution in [0.5, 0.6) is 0 Å². The van der Waals surface area contributed by atoms with Gasteiger partial charge in [-0.15, -0.1) is 0 Å². The topological polar surface area (TPSA) is 55.1 Å². The van der Waals surface area contributed by atoms with E-state index in [1.165, 1.54) is 19.0 Å². The van der Waals surface area contributed by atoms with Gasteiger partial charge in [0.1, 0.15) is 11.5 Å². The zero-order chi connectivity index (χ0) is 9.97. The Kier molecular flexibility index (Phi) is 2.52. The van der Waals surface area contributed by atoms with Crippen molar-refractivity contribution in [3.05, 3.63) is 17.7 Å². The Bertz CT molecular complexity index is 344. The summed E-state index contributed by atoms with van der Waals surface area (Å²) in [6.07, 6.45) is 6.99. The number of aromatic nitrogens is 2. The van der Waals surface area contributed by atoms with Gasteiger partial charge in [-0.25, -0.2) is 9.78 Å². The summed E-state index contributed by atoms with van der Waals surface area (Å²) in [4.78, 5) is 15.0. The fraction of sp³-hybridized carbons (Fsp3) is 0.600. The van der Waals surface area contributed by atoms with E-state index >= 15 is 0 Å². The first-order chi connectivity index (χ1) is 6.79. The van der Waals surface area contributed by atoms with Gasteiger partial charge in [0.25, 0.3) is 0 Å². The molecule has 0 fully saturated rings. The summed E-state index contributed by atoms with van der Waals surface area (Å²) in [5, 5.41) is 8.93. The maximum atomic E-state index is 10.9. The van der Waals surface area contributed by atoms with Gasteiger partial charge in [0.05, 0.1) is 6.20 Å². The molecule has 0 bridgehead atoms. The van der Waals surface area contributed by atoms with E-state index in [2.05, 4.69) is 4.98 Å². The highest BCUT2D eigenvalue weighted by Gasteiger charge is 2.16. The van der Waals surface area contributed by atoms with Crippen molar-refractivity contribution < 1.29 is 9.90 Å². The van der Waals surface area contributed by atoms with Gasteiger partial charge in [0.15, 0.2) is 0 Å². The molecule has 0 saturated heterocycles. The van der Waals surface area contributed by atoms with Crippen LogP contribution in [0.4, 0.5) is 0 Å². The Hall–Kier alpha value is -1.32. The monoisotopic (exact) mass is 194 g/mol. The van der Waals surface area contributed by atoms with E-state index < -0.39 is 5.97 Å². The third kappa shape index (κ3) is 1.64. The van der Waals surface area contributed by atoms with E-state index in [4.69, 9.17) is 5.11 Å². The molecule has 4 heteroatoms. The molecule has 14 heavy (non-hydrogen) atoms. The number of aryl methyl sites for hydroxylation is 1. The lowest BCUT2D eigenvalue weighted by molar-refractivity contribution is 0.0684. The van der Waals surface area contributed by atoms with E-state index in [0.717, 1.165) is 31.6 Å². The second kappa shape index (κ2) is 3.82. The fourth-order valence-corrected chi connectivity index (χ4v) is 1.94. The molecule has 2 heterocycles. The number of hydrogen-bond acceptors (Lipinski definition) is 2. The highest BCUT2D eigenvalue weighted by Crippen LogP contribution is 2.15. The van der Waals surface area contributed by atoms with Crippen molar-refractivity contribution in [2.75, 3.05) is 0 Å². The molecule has 4 nitrogen and oxygen atoms in total. The van der Waals surface area contributed by atoms with Crippen molar-refractivity contribution in [3.63, 3.8) is 0 Å². The van der Waals surface area contributed by atoms with Crippen molar-refractivity contribution >= 4 is 5.97 Å². The van der Waals surface area contributed by atoms with Gasteiger partial charge in [-0.3, -0.25) is 0 Å². The van der Waals surface area contributed by atoms with Crippen molar-refractivity contribution in [3.8, 4) is 0 Å². The lowest BCUT2D eigenvalue weighted by atomic mass is 10.1. The summed E-state index contributed by atoms with van der Waals surface area (Å²) in [6, 6.07) is 0. The van der Waals surface area contributed by atoms with E-state index in [9.17, 15) is 4.79 Å². The number of hydrogen-bond donors (Lipinski definition) is 1. The van der Waals surface area contributed by atoms with Gasteiger partial charge in [-0.2, -0.15) is 0 Å².